The van der Waals surface area contributed by atoms with E-state index in [1.165, 1.54) is 0 Å². The monoisotopic (exact) mass is 266 g/mol. The minimum Gasteiger partial charge on any atom is -0.465 e. The largest absolute Gasteiger partial charge is 0.465 e. The quantitative estimate of drug-likeness (QED) is 0.841. The molecule has 1 aliphatic rings. The lowest BCUT2D eigenvalue weighted by Crippen LogP contribution is -2.49. The van der Waals surface area contributed by atoms with Crippen LogP contribution in [0.4, 0.5) is 0 Å². The molecule has 0 spiro atoms. The first-order chi connectivity index (χ1) is 9.16. The Balaban J connectivity index is 1.95. The molecule has 0 atom stereocenters. The van der Waals surface area contributed by atoms with Crippen molar-refractivity contribution in [3.63, 3.8) is 0 Å². The Morgan fingerprint density at radius 3 is 2.79 bits per heavy atom. The zero-order valence-corrected chi connectivity index (χ0v) is 11.6. The number of methoxy groups -OCH3 is 1. The molecular weight excluding hydrogens is 244 g/mol. The molecule has 2 rings (SSSR count). The van der Waals surface area contributed by atoms with Crippen LogP contribution >= 0.6 is 0 Å². The first-order valence-electron chi connectivity index (χ1n) is 6.69. The van der Waals surface area contributed by atoms with Crippen molar-refractivity contribution in [1.29, 1.82) is 0 Å². The van der Waals surface area contributed by atoms with Gasteiger partial charge in [-0.25, -0.2) is 0 Å². The highest BCUT2D eigenvalue weighted by atomic mass is 16.5. The number of carbonyl (C=O) groups excluding carboxylic acids is 1. The van der Waals surface area contributed by atoms with Crippen LogP contribution in [0.2, 0.25) is 0 Å². The second kappa shape index (κ2) is 6.21. The zero-order valence-electron chi connectivity index (χ0n) is 11.6. The lowest BCUT2D eigenvalue weighted by molar-refractivity contribution is -0.136. The number of aryl methyl sites for hydroxylation is 1. The van der Waals surface area contributed by atoms with Crippen LogP contribution in [-0.4, -0.2) is 32.7 Å². The lowest BCUT2D eigenvalue weighted by atomic mass is 9.78. The van der Waals surface area contributed by atoms with Gasteiger partial charge in [-0.15, -0.1) is 0 Å². The highest BCUT2D eigenvalue weighted by molar-refractivity contribution is 5.82. The Morgan fingerprint density at radius 1 is 1.47 bits per heavy atom. The molecule has 2 N–H and O–H groups in total. The number of piperidine rings is 1. The minimum absolute atomic E-state index is 0.0601. The topological polar surface area (TPSA) is 63.5 Å². The predicted octanol–water partition coefficient (Wildman–Crippen LogP) is 1.22. The Morgan fingerprint density at radius 2 is 2.21 bits per heavy atom. The van der Waals surface area contributed by atoms with Crippen molar-refractivity contribution in [2.24, 2.45) is 5.41 Å². The van der Waals surface area contributed by atoms with E-state index in [2.05, 4.69) is 10.6 Å². The third-order valence-corrected chi connectivity index (χ3v) is 3.68. The first kappa shape index (κ1) is 14.1. The SMILES string of the molecule is COCC1(C(=O)NCc2ccc(C)o2)CCNCC1. The van der Waals surface area contributed by atoms with Gasteiger partial charge in [0, 0.05) is 7.11 Å². The minimum atomic E-state index is -0.401. The van der Waals surface area contributed by atoms with E-state index in [0.29, 0.717) is 13.2 Å². The number of ether oxygens (including phenoxy) is 1. The van der Waals surface area contributed by atoms with Crippen LogP contribution < -0.4 is 10.6 Å². The molecule has 0 bridgehead atoms. The summed E-state index contributed by atoms with van der Waals surface area (Å²) >= 11 is 0. The number of carbonyl (C=O) groups is 1. The van der Waals surface area contributed by atoms with Crippen LogP contribution in [0, 0.1) is 12.3 Å². The summed E-state index contributed by atoms with van der Waals surface area (Å²) in [7, 11) is 1.65. The highest BCUT2D eigenvalue weighted by Gasteiger charge is 2.39. The van der Waals surface area contributed by atoms with Crippen LogP contribution in [0.1, 0.15) is 24.4 Å². The van der Waals surface area contributed by atoms with Crippen LogP contribution in [0.25, 0.3) is 0 Å². The van der Waals surface area contributed by atoms with Gasteiger partial charge < -0.3 is 19.8 Å². The molecule has 1 aliphatic heterocycles. The van der Waals surface area contributed by atoms with E-state index < -0.39 is 5.41 Å². The predicted molar refractivity (Wildman–Crippen MR) is 71.7 cm³/mol. The van der Waals surface area contributed by atoms with Crippen molar-refractivity contribution in [2.45, 2.75) is 26.3 Å². The van der Waals surface area contributed by atoms with E-state index >= 15 is 0 Å². The number of amides is 1. The Kier molecular flexibility index (Phi) is 4.61. The van der Waals surface area contributed by atoms with Crippen molar-refractivity contribution in [3.8, 4) is 0 Å². The Hall–Kier alpha value is -1.33. The maximum atomic E-state index is 12.4. The van der Waals surface area contributed by atoms with Gasteiger partial charge in [0.25, 0.3) is 0 Å². The summed E-state index contributed by atoms with van der Waals surface area (Å²) < 4.78 is 10.7. The summed E-state index contributed by atoms with van der Waals surface area (Å²) in [4.78, 5) is 12.4. The third-order valence-electron chi connectivity index (χ3n) is 3.68. The van der Waals surface area contributed by atoms with E-state index in [1.807, 2.05) is 19.1 Å². The maximum Gasteiger partial charge on any atom is 0.229 e. The molecule has 1 fully saturated rings. The third kappa shape index (κ3) is 3.36. The molecule has 0 aromatic carbocycles. The Bertz CT molecular complexity index is 417. The second-order valence-corrected chi connectivity index (χ2v) is 5.16. The fourth-order valence-corrected chi connectivity index (χ4v) is 2.55. The zero-order chi connectivity index (χ0) is 13.7. The molecule has 1 amide bonds. The molecule has 0 unspecified atom stereocenters. The van der Waals surface area contributed by atoms with Gasteiger partial charge in [0.05, 0.1) is 18.6 Å². The molecule has 0 radical (unpaired) electrons. The van der Waals surface area contributed by atoms with Gasteiger partial charge in [-0.3, -0.25) is 4.79 Å². The number of rotatable bonds is 5. The van der Waals surface area contributed by atoms with E-state index in [-0.39, 0.29) is 5.91 Å². The average molecular weight is 266 g/mol. The number of hydrogen-bond acceptors (Lipinski definition) is 4. The molecule has 1 aromatic heterocycles. The molecular formula is C14H22N2O3. The van der Waals surface area contributed by atoms with Gasteiger partial charge in [0.15, 0.2) is 0 Å². The normalized spacial score (nSPS) is 18.2. The van der Waals surface area contributed by atoms with Gasteiger partial charge in [0.2, 0.25) is 5.91 Å². The highest BCUT2D eigenvalue weighted by Crippen LogP contribution is 2.29. The number of nitrogens with one attached hydrogen (secondary N) is 2. The van der Waals surface area contributed by atoms with Gasteiger partial charge in [-0.05, 0) is 45.0 Å². The molecule has 19 heavy (non-hydrogen) atoms. The van der Waals surface area contributed by atoms with E-state index in [9.17, 15) is 4.79 Å². The maximum absolute atomic E-state index is 12.4. The summed E-state index contributed by atoms with van der Waals surface area (Å²) in [5, 5.41) is 6.24. The van der Waals surface area contributed by atoms with Crippen molar-refractivity contribution >= 4 is 5.91 Å². The van der Waals surface area contributed by atoms with Crippen LogP contribution in [0.3, 0.4) is 0 Å². The van der Waals surface area contributed by atoms with E-state index in [1.54, 1.807) is 7.11 Å². The average Bonchev–Trinajstić information content (AvgIpc) is 2.83. The summed E-state index contributed by atoms with van der Waals surface area (Å²) in [5.74, 6) is 1.70. The van der Waals surface area contributed by atoms with Crippen LogP contribution in [-0.2, 0) is 16.1 Å². The van der Waals surface area contributed by atoms with Crippen molar-refractivity contribution in [2.75, 3.05) is 26.8 Å². The lowest BCUT2D eigenvalue weighted by Gasteiger charge is -2.35. The first-order valence-corrected chi connectivity index (χ1v) is 6.69. The summed E-state index contributed by atoms with van der Waals surface area (Å²) in [6.07, 6.45) is 1.62. The molecule has 1 aromatic rings. The Labute approximate surface area is 113 Å². The van der Waals surface area contributed by atoms with Gasteiger partial charge >= 0.3 is 0 Å². The van der Waals surface area contributed by atoms with Crippen LogP contribution in [0.5, 0.6) is 0 Å². The van der Waals surface area contributed by atoms with Crippen molar-refractivity contribution in [1.82, 2.24) is 10.6 Å². The smallest absolute Gasteiger partial charge is 0.229 e. The molecule has 1 saturated heterocycles. The molecule has 0 saturated carbocycles. The van der Waals surface area contributed by atoms with Crippen molar-refractivity contribution in [3.05, 3.63) is 23.7 Å². The van der Waals surface area contributed by atoms with Gasteiger partial charge in [-0.1, -0.05) is 0 Å². The summed E-state index contributed by atoms with van der Waals surface area (Å²) in [6.45, 7) is 4.51. The fourth-order valence-electron chi connectivity index (χ4n) is 2.55. The number of furan rings is 1. The second-order valence-electron chi connectivity index (χ2n) is 5.16. The molecule has 5 heteroatoms. The van der Waals surface area contributed by atoms with Crippen molar-refractivity contribution < 1.29 is 13.9 Å². The molecule has 2 heterocycles. The van der Waals surface area contributed by atoms with E-state index in [4.69, 9.17) is 9.15 Å². The van der Waals surface area contributed by atoms with Gasteiger partial charge in [0.1, 0.15) is 11.5 Å². The fraction of sp³-hybridized carbons (Fsp3) is 0.643. The molecule has 0 aliphatic carbocycles. The van der Waals surface area contributed by atoms with Crippen LogP contribution in [0.15, 0.2) is 16.5 Å². The summed E-state index contributed by atoms with van der Waals surface area (Å²) in [6, 6.07) is 3.79. The number of hydrogen-bond donors (Lipinski definition) is 2. The molecule has 5 nitrogen and oxygen atoms in total. The van der Waals surface area contributed by atoms with E-state index in [0.717, 1.165) is 37.5 Å². The van der Waals surface area contributed by atoms with Gasteiger partial charge in [-0.2, -0.15) is 0 Å². The summed E-state index contributed by atoms with van der Waals surface area (Å²) in [5.41, 5.74) is -0.401. The molecule has 106 valence electrons. The standard InChI is InChI=1S/C14H22N2O3/c1-11-3-4-12(19-11)9-16-13(17)14(10-18-2)5-7-15-8-6-14/h3-4,15H,5-10H2,1-2H3,(H,16,17).